The monoisotopic (exact) mass is 259 g/mol. The van der Waals surface area contributed by atoms with Crippen LogP contribution in [0.5, 0.6) is 0 Å². The highest BCUT2D eigenvalue weighted by Gasteiger charge is 2.19. The van der Waals surface area contributed by atoms with Gasteiger partial charge in [-0.3, -0.25) is 0 Å². The fraction of sp³-hybridized carbons (Fsp3) is 0.400. The molecule has 0 saturated carbocycles. The highest BCUT2D eigenvalue weighted by atomic mass is 16.5. The van der Waals surface area contributed by atoms with Gasteiger partial charge >= 0.3 is 0 Å². The Morgan fingerprint density at radius 3 is 2.58 bits per heavy atom. The molecule has 1 aromatic heterocycles. The molecule has 1 unspecified atom stereocenters. The molecule has 4 heteroatoms. The predicted molar refractivity (Wildman–Crippen MR) is 78.0 cm³/mol. The summed E-state index contributed by atoms with van der Waals surface area (Å²) in [6.45, 7) is 5.59. The molecule has 0 aliphatic rings. The summed E-state index contributed by atoms with van der Waals surface area (Å²) in [5.41, 5.74) is 8.24. The van der Waals surface area contributed by atoms with Crippen LogP contribution < -0.4 is 5.73 Å². The molecular weight excluding hydrogens is 238 g/mol. The lowest BCUT2D eigenvalue weighted by molar-refractivity contribution is 0.183. The van der Waals surface area contributed by atoms with E-state index in [2.05, 4.69) is 30.5 Å². The van der Waals surface area contributed by atoms with E-state index in [0.29, 0.717) is 6.61 Å². The van der Waals surface area contributed by atoms with Crippen molar-refractivity contribution >= 4 is 5.82 Å². The third-order valence-corrected chi connectivity index (χ3v) is 3.27. The number of nitrogens with two attached hydrogens (primary N) is 1. The molecule has 0 fully saturated rings. The van der Waals surface area contributed by atoms with E-state index in [1.54, 1.807) is 7.11 Å². The summed E-state index contributed by atoms with van der Waals surface area (Å²) in [6.07, 6.45) is 0. The summed E-state index contributed by atoms with van der Waals surface area (Å²) in [5.74, 6) is 1.87. The summed E-state index contributed by atoms with van der Waals surface area (Å²) >= 11 is 0. The number of ether oxygens (including phenoxy) is 1. The van der Waals surface area contributed by atoms with E-state index in [4.69, 9.17) is 15.5 Å². The van der Waals surface area contributed by atoms with Gasteiger partial charge in [-0.2, -0.15) is 0 Å². The first kappa shape index (κ1) is 13.6. The zero-order valence-corrected chi connectivity index (χ0v) is 11.8. The van der Waals surface area contributed by atoms with Crippen molar-refractivity contribution in [3.05, 3.63) is 36.0 Å². The molecule has 0 spiro atoms. The van der Waals surface area contributed by atoms with Crippen molar-refractivity contribution in [2.45, 2.75) is 26.3 Å². The highest BCUT2D eigenvalue weighted by molar-refractivity contribution is 5.60. The summed E-state index contributed by atoms with van der Waals surface area (Å²) in [6, 6.07) is 10.1. The van der Waals surface area contributed by atoms with Crippen LogP contribution in [0.4, 0.5) is 5.82 Å². The molecule has 2 aromatic rings. The van der Waals surface area contributed by atoms with Crippen molar-refractivity contribution < 1.29 is 4.74 Å². The zero-order valence-electron chi connectivity index (χ0n) is 11.8. The first-order valence-electron chi connectivity index (χ1n) is 6.59. The first-order chi connectivity index (χ1) is 9.19. The minimum atomic E-state index is 0.195. The smallest absolute Gasteiger partial charge is 0.141 e. The average Bonchev–Trinajstić information content (AvgIpc) is 2.77. The Labute approximate surface area is 114 Å². The first-order valence-corrected chi connectivity index (χ1v) is 6.59. The molecule has 0 saturated heterocycles. The van der Waals surface area contributed by atoms with Crippen molar-refractivity contribution in [3.8, 4) is 11.4 Å². The summed E-state index contributed by atoms with van der Waals surface area (Å²) in [5, 5.41) is 0. The molecule has 0 amide bonds. The summed E-state index contributed by atoms with van der Waals surface area (Å²) in [7, 11) is 1.70. The van der Waals surface area contributed by atoms with Gasteiger partial charge < -0.3 is 15.0 Å². The molecule has 0 radical (unpaired) electrons. The molecular formula is C15H21N3O. The van der Waals surface area contributed by atoms with Gasteiger partial charge in [0, 0.05) is 25.1 Å². The van der Waals surface area contributed by atoms with Crippen LogP contribution in [0, 0.1) is 0 Å². The molecule has 2 rings (SSSR count). The fourth-order valence-electron chi connectivity index (χ4n) is 2.30. The van der Waals surface area contributed by atoms with Crippen LogP contribution in [-0.4, -0.2) is 23.3 Å². The van der Waals surface area contributed by atoms with Gasteiger partial charge in [-0.05, 0) is 6.92 Å². The Balaban J connectivity index is 2.48. The van der Waals surface area contributed by atoms with Gasteiger partial charge in [0.1, 0.15) is 11.6 Å². The molecule has 1 aromatic carbocycles. The van der Waals surface area contributed by atoms with Gasteiger partial charge in [-0.15, -0.1) is 0 Å². The number of aromatic nitrogens is 2. The normalized spacial score (nSPS) is 12.6. The van der Waals surface area contributed by atoms with Crippen molar-refractivity contribution in [3.63, 3.8) is 0 Å². The quantitative estimate of drug-likeness (QED) is 0.898. The SMILES string of the molecule is CCn1c(-c2ccccc2)nc(C(C)COC)c1N. The maximum atomic E-state index is 6.23. The third-order valence-electron chi connectivity index (χ3n) is 3.27. The van der Waals surface area contributed by atoms with E-state index in [0.717, 1.165) is 29.4 Å². The third kappa shape index (κ3) is 2.63. The van der Waals surface area contributed by atoms with Crippen molar-refractivity contribution in [1.29, 1.82) is 0 Å². The number of imidazole rings is 1. The second-order valence-corrected chi connectivity index (χ2v) is 4.67. The van der Waals surface area contributed by atoms with Crippen LogP contribution in [0.15, 0.2) is 30.3 Å². The number of benzene rings is 1. The van der Waals surface area contributed by atoms with Gasteiger partial charge in [-0.1, -0.05) is 37.3 Å². The number of rotatable bonds is 5. The molecule has 2 N–H and O–H groups in total. The standard InChI is InChI=1S/C15H21N3O/c1-4-18-14(16)13(11(2)10-19-3)17-15(18)12-8-6-5-7-9-12/h5-9,11H,4,10,16H2,1-3H3. The molecule has 0 aliphatic carbocycles. The fourth-order valence-corrected chi connectivity index (χ4v) is 2.30. The molecule has 0 bridgehead atoms. The lowest BCUT2D eigenvalue weighted by Gasteiger charge is -2.09. The number of hydrogen-bond acceptors (Lipinski definition) is 3. The van der Waals surface area contributed by atoms with E-state index in [-0.39, 0.29) is 5.92 Å². The largest absolute Gasteiger partial charge is 0.384 e. The number of nitrogens with zero attached hydrogens (tertiary/aromatic N) is 2. The number of hydrogen-bond donors (Lipinski definition) is 1. The second kappa shape index (κ2) is 5.89. The number of methoxy groups -OCH3 is 1. The maximum Gasteiger partial charge on any atom is 0.141 e. The van der Waals surface area contributed by atoms with Gasteiger partial charge in [0.2, 0.25) is 0 Å². The highest BCUT2D eigenvalue weighted by Crippen LogP contribution is 2.28. The molecule has 102 valence electrons. The Hall–Kier alpha value is -1.81. The van der Waals surface area contributed by atoms with Crippen LogP contribution in [-0.2, 0) is 11.3 Å². The molecule has 1 atom stereocenters. The van der Waals surface area contributed by atoms with Crippen LogP contribution in [0.3, 0.4) is 0 Å². The topological polar surface area (TPSA) is 53.1 Å². The van der Waals surface area contributed by atoms with Gasteiger partial charge in [0.15, 0.2) is 0 Å². The zero-order chi connectivity index (χ0) is 13.8. The minimum Gasteiger partial charge on any atom is -0.384 e. The average molecular weight is 259 g/mol. The maximum absolute atomic E-state index is 6.23. The number of nitrogen functional groups attached to an aromatic ring is 1. The molecule has 1 heterocycles. The molecule has 4 nitrogen and oxygen atoms in total. The number of anilines is 1. The van der Waals surface area contributed by atoms with E-state index in [1.165, 1.54) is 0 Å². The predicted octanol–water partition coefficient (Wildman–Crippen LogP) is 2.90. The van der Waals surface area contributed by atoms with Gasteiger partial charge in [-0.25, -0.2) is 4.98 Å². The van der Waals surface area contributed by atoms with Crippen molar-refractivity contribution in [2.75, 3.05) is 19.5 Å². The molecule has 0 aliphatic heterocycles. The second-order valence-electron chi connectivity index (χ2n) is 4.67. The van der Waals surface area contributed by atoms with Gasteiger partial charge in [0.05, 0.1) is 12.3 Å². The molecule has 19 heavy (non-hydrogen) atoms. The Bertz CT molecular complexity index is 534. The van der Waals surface area contributed by atoms with Crippen LogP contribution in [0.1, 0.15) is 25.5 Å². The summed E-state index contributed by atoms with van der Waals surface area (Å²) < 4.78 is 7.25. The minimum absolute atomic E-state index is 0.195. The van der Waals surface area contributed by atoms with Crippen LogP contribution in [0.25, 0.3) is 11.4 Å². The van der Waals surface area contributed by atoms with E-state index < -0.39 is 0 Å². The Morgan fingerprint density at radius 1 is 1.32 bits per heavy atom. The Morgan fingerprint density at radius 2 is 2.00 bits per heavy atom. The van der Waals surface area contributed by atoms with Gasteiger partial charge in [0.25, 0.3) is 0 Å². The lowest BCUT2D eigenvalue weighted by atomic mass is 10.1. The lowest BCUT2D eigenvalue weighted by Crippen LogP contribution is -2.07. The van der Waals surface area contributed by atoms with E-state index in [1.807, 2.05) is 18.2 Å². The van der Waals surface area contributed by atoms with Crippen molar-refractivity contribution in [1.82, 2.24) is 9.55 Å². The summed E-state index contributed by atoms with van der Waals surface area (Å²) in [4.78, 5) is 4.73. The van der Waals surface area contributed by atoms with Crippen molar-refractivity contribution in [2.24, 2.45) is 0 Å². The Kier molecular flexibility index (Phi) is 4.22. The van der Waals surface area contributed by atoms with E-state index >= 15 is 0 Å². The van der Waals surface area contributed by atoms with Crippen LogP contribution >= 0.6 is 0 Å². The van der Waals surface area contributed by atoms with Crippen LogP contribution in [0.2, 0.25) is 0 Å². The van der Waals surface area contributed by atoms with E-state index in [9.17, 15) is 0 Å².